The van der Waals surface area contributed by atoms with Crippen LogP contribution in [0.15, 0.2) is 24.3 Å². The molecule has 0 unspecified atom stereocenters. The Morgan fingerprint density at radius 3 is 2.25 bits per heavy atom. The van der Waals surface area contributed by atoms with E-state index in [-0.39, 0.29) is 0 Å². The van der Waals surface area contributed by atoms with Crippen molar-refractivity contribution in [2.75, 3.05) is 27.7 Å². The standard InChI is InChI=1S/C12H17ClNO2/c1-14(2,3)11-6-4-10(5-7-11)8-9-16-12(13)15/h4-7H,8-9H2,1-3H3/q+1. The van der Waals surface area contributed by atoms with Gasteiger partial charge >= 0.3 is 5.43 Å². The Morgan fingerprint density at radius 2 is 1.81 bits per heavy atom. The Kier molecular flexibility index (Phi) is 4.33. The first-order chi connectivity index (χ1) is 7.39. The zero-order valence-corrected chi connectivity index (χ0v) is 10.6. The summed E-state index contributed by atoms with van der Waals surface area (Å²) >= 11 is 5.07. The van der Waals surface area contributed by atoms with Crippen LogP contribution in [0.1, 0.15) is 5.56 Å². The van der Waals surface area contributed by atoms with E-state index in [1.54, 1.807) is 0 Å². The second-order valence-corrected chi connectivity index (χ2v) is 4.82. The molecule has 0 amide bonds. The van der Waals surface area contributed by atoms with E-state index in [0.717, 1.165) is 10.0 Å². The summed E-state index contributed by atoms with van der Waals surface area (Å²) in [5.41, 5.74) is 1.62. The highest BCUT2D eigenvalue weighted by atomic mass is 35.5. The predicted octanol–water partition coefficient (Wildman–Crippen LogP) is 2.80. The number of ether oxygens (including phenoxy) is 1. The summed E-state index contributed by atoms with van der Waals surface area (Å²) in [6.45, 7) is 0.325. The Labute approximate surface area is 101 Å². The fourth-order valence-electron chi connectivity index (χ4n) is 1.36. The van der Waals surface area contributed by atoms with Crippen LogP contribution < -0.4 is 4.48 Å². The first-order valence-corrected chi connectivity index (χ1v) is 5.50. The molecule has 0 saturated heterocycles. The maximum atomic E-state index is 10.4. The number of hydrogen-bond donors (Lipinski definition) is 0. The summed E-state index contributed by atoms with van der Waals surface area (Å²) in [4.78, 5) is 10.4. The molecule has 16 heavy (non-hydrogen) atoms. The third kappa shape index (κ3) is 4.21. The smallest absolute Gasteiger partial charge is 0.403 e. The van der Waals surface area contributed by atoms with Crippen molar-refractivity contribution >= 4 is 22.7 Å². The van der Waals surface area contributed by atoms with Gasteiger partial charge in [0.2, 0.25) is 0 Å². The third-order valence-corrected chi connectivity index (χ3v) is 2.43. The van der Waals surface area contributed by atoms with Crippen LogP contribution in [0.3, 0.4) is 0 Å². The summed E-state index contributed by atoms with van der Waals surface area (Å²) in [6, 6.07) is 8.25. The molecule has 0 aliphatic carbocycles. The molecule has 0 radical (unpaired) electrons. The van der Waals surface area contributed by atoms with Gasteiger partial charge in [0.25, 0.3) is 0 Å². The zero-order chi connectivity index (χ0) is 12.2. The minimum Gasteiger partial charge on any atom is -0.453 e. The van der Waals surface area contributed by atoms with E-state index in [2.05, 4.69) is 38.0 Å². The number of benzene rings is 1. The lowest BCUT2D eigenvalue weighted by molar-refractivity contribution is 0.175. The van der Waals surface area contributed by atoms with Crippen molar-refractivity contribution in [2.24, 2.45) is 0 Å². The molecule has 0 aliphatic heterocycles. The molecular formula is C12H17ClNO2+. The van der Waals surface area contributed by atoms with Crippen LogP contribution in [0.2, 0.25) is 0 Å². The van der Waals surface area contributed by atoms with Gasteiger partial charge in [0, 0.05) is 18.0 Å². The minimum absolute atomic E-state index is 0.325. The van der Waals surface area contributed by atoms with Gasteiger partial charge < -0.3 is 4.74 Å². The van der Waals surface area contributed by atoms with Crippen LogP contribution in [0.25, 0.3) is 0 Å². The maximum Gasteiger partial charge on any atom is 0.403 e. The van der Waals surface area contributed by atoms with Crippen molar-refractivity contribution in [2.45, 2.75) is 6.42 Å². The number of carbonyl (C=O) groups is 1. The highest BCUT2D eigenvalue weighted by Crippen LogP contribution is 2.17. The second-order valence-electron chi connectivity index (χ2n) is 4.52. The molecular weight excluding hydrogens is 226 g/mol. The lowest BCUT2D eigenvalue weighted by Crippen LogP contribution is -2.34. The van der Waals surface area contributed by atoms with Crippen LogP contribution in [0, 0.1) is 0 Å². The van der Waals surface area contributed by atoms with E-state index in [4.69, 9.17) is 11.6 Å². The summed E-state index contributed by atoms with van der Waals surface area (Å²) < 4.78 is 5.45. The number of hydrogen-bond acceptors (Lipinski definition) is 2. The highest BCUT2D eigenvalue weighted by molar-refractivity contribution is 6.61. The molecule has 3 nitrogen and oxygen atoms in total. The Hall–Kier alpha value is -1.06. The molecule has 0 saturated carbocycles. The first kappa shape index (κ1) is 13.0. The van der Waals surface area contributed by atoms with Crippen molar-refractivity contribution in [3.05, 3.63) is 29.8 Å². The topological polar surface area (TPSA) is 26.3 Å². The molecule has 0 spiro atoms. The highest BCUT2D eigenvalue weighted by Gasteiger charge is 2.10. The van der Waals surface area contributed by atoms with Crippen LogP contribution >= 0.6 is 11.6 Å². The summed E-state index contributed by atoms with van der Waals surface area (Å²) in [5.74, 6) is 0. The fraction of sp³-hybridized carbons (Fsp3) is 0.417. The average Bonchev–Trinajstić information content (AvgIpc) is 2.16. The molecule has 1 rings (SSSR count). The molecule has 0 bridgehead atoms. The molecule has 0 aromatic heterocycles. The van der Waals surface area contributed by atoms with Crippen molar-refractivity contribution in [3.8, 4) is 0 Å². The van der Waals surface area contributed by atoms with Crippen LogP contribution in [0.5, 0.6) is 0 Å². The average molecular weight is 243 g/mol. The quantitative estimate of drug-likeness (QED) is 0.600. The maximum absolute atomic E-state index is 10.4. The second kappa shape index (κ2) is 5.32. The van der Waals surface area contributed by atoms with E-state index < -0.39 is 5.43 Å². The van der Waals surface area contributed by atoms with Gasteiger partial charge in [0.15, 0.2) is 0 Å². The SMILES string of the molecule is C[N+](C)(C)c1ccc(CCOC(=O)Cl)cc1. The normalized spacial score (nSPS) is 11.2. The van der Waals surface area contributed by atoms with E-state index in [1.165, 1.54) is 5.69 Å². The van der Waals surface area contributed by atoms with Gasteiger partial charge in [-0.3, -0.25) is 4.48 Å². The van der Waals surface area contributed by atoms with Gasteiger partial charge in [0.05, 0.1) is 27.7 Å². The molecule has 4 heteroatoms. The largest absolute Gasteiger partial charge is 0.453 e. The molecule has 0 atom stereocenters. The number of nitrogens with zero attached hydrogens (tertiary/aromatic N) is 1. The summed E-state index contributed by atoms with van der Waals surface area (Å²) in [5, 5.41) is 0. The van der Waals surface area contributed by atoms with Crippen LogP contribution in [0.4, 0.5) is 10.5 Å². The van der Waals surface area contributed by atoms with E-state index in [9.17, 15) is 4.79 Å². The van der Waals surface area contributed by atoms with Gasteiger partial charge in [-0.1, -0.05) is 12.1 Å². The number of rotatable bonds is 4. The predicted molar refractivity (Wildman–Crippen MR) is 66.9 cm³/mol. The van der Waals surface area contributed by atoms with Crippen LogP contribution in [-0.2, 0) is 11.2 Å². The summed E-state index contributed by atoms with van der Waals surface area (Å²) in [7, 11) is 6.35. The van der Waals surface area contributed by atoms with Crippen molar-refractivity contribution in [1.82, 2.24) is 4.48 Å². The molecule has 0 N–H and O–H groups in total. The number of halogens is 1. The van der Waals surface area contributed by atoms with Crippen molar-refractivity contribution in [1.29, 1.82) is 0 Å². The van der Waals surface area contributed by atoms with E-state index >= 15 is 0 Å². The van der Waals surface area contributed by atoms with Gasteiger partial charge in [-0.05, 0) is 17.7 Å². The molecule has 1 aromatic carbocycles. The Morgan fingerprint density at radius 1 is 1.25 bits per heavy atom. The van der Waals surface area contributed by atoms with E-state index in [0.29, 0.717) is 13.0 Å². The first-order valence-electron chi connectivity index (χ1n) is 5.13. The minimum atomic E-state index is -0.747. The van der Waals surface area contributed by atoms with Gasteiger partial charge in [-0.15, -0.1) is 0 Å². The van der Waals surface area contributed by atoms with Crippen molar-refractivity contribution < 1.29 is 9.53 Å². The Balaban J connectivity index is 2.55. The molecule has 88 valence electrons. The summed E-state index contributed by atoms with van der Waals surface area (Å²) in [6.07, 6.45) is 0.690. The van der Waals surface area contributed by atoms with Gasteiger partial charge in [-0.25, -0.2) is 4.79 Å². The Bertz CT molecular complexity index is 354. The zero-order valence-electron chi connectivity index (χ0n) is 9.87. The third-order valence-electron chi connectivity index (χ3n) is 2.32. The fourth-order valence-corrected chi connectivity index (χ4v) is 1.44. The van der Waals surface area contributed by atoms with Crippen LogP contribution in [-0.4, -0.2) is 33.2 Å². The van der Waals surface area contributed by atoms with Crippen molar-refractivity contribution in [3.63, 3.8) is 0 Å². The molecule has 0 aliphatic rings. The van der Waals surface area contributed by atoms with Gasteiger partial charge in [0.1, 0.15) is 5.69 Å². The lowest BCUT2D eigenvalue weighted by atomic mass is 10.1. The monoisotopic (exact) mass is 242 g/mol. The number of quaternary nitrogens is 1. The molecule has 0 fully saturated rings. The molecule has 0 heterocycles. The van der Waals surface area contributed by atoms with Gasteiger partial charge in [-0.2, -0.15) is 0 Å². The lowest BCUT2D eigenvalue weighted by Gasteiger charge is -2.23. The molecule has 1 aromatic rings. The van der Waals surface area contributed by atoms with E-state index in [1.807, 2.05) is 12.1 Å². The number of carbonyl (C=O) groups excluding carboxylic acids is 1.